The molecule has 1 aliphatic carbocycles. The summed E-state index contributed by atoms with van der Waals surface area (Å²) in [5, 5.41) is 0.0674. The van der Waals surface area contributed by atoms with Crippen LogP contribution in [0.25, 0.3) is 0 Å². The molecule has 0 aliphatic heterocycles. The van der Waals surface area contributed by atoms with Crippen LogP contribution in [0.15, 0.2) is 22.7 Å². The van der Waals surface area contributed by atoms with Gasteiger partial charge in [0, 0.05) is 10.0 Å². The molecule has 0 N–H and O–H groups in total. The van der Waals surface area contributed by atoms with E-state index in [1.807, 2.05) is 12.1 Å². The van der Waals surface area contributed by atoms with Crippen molar-refractivity contribution in [3.8, 4) is 5.75 Å². The molecule has 1 saturated carbocycles. The molecule has 1 aliphatic rings. The monoisotopic (exact) mass is 302 g/mol. The highest BCUT2D eigenvalue weighted by Gasteiger charge is 2.23. The van der Waals surface area contributed by atoms with Gasteiger partial charge >= 0.3 is 0 Å². The lowest BCUT2D eigenvalue weighted by atomic mass is 9.81. The number of methoxy groups -OCH3 is 1. The molecule has 0 radical (unpaired) electrons. The summed E-state index contributed by atoms with van der Waals surface area (Å²) < 4.78 is 6.41. The molecule has 1 nitrogen and oxygen atoms in total. The lowest BCUT2D eigenvalue weighted by Gasteiger charge is -2.27. The Morgan fingerprint density at radius 1 is 1.50 bits per heavy atom. The molecule has 16 heavy (non-hydrogen) atoms. The van der Waals surface area contributed by atoms with Crippen LogP contribution in [0.1, 0.15) is 36.6 Å². The predicted molar refractivity (Wildman–Crippen MR) is 71.2 cm³/mol. The molecule has 0 bridgehead atoms. The van der Waals surface area contributed by atoms with Crippen LogP contribution in [-0.2, 0) is 0 Å². The number of halogens is 2. The zero-order chi connectivity index (χ0) is 11.5. The van der Waals surface area contributed by atoms with E-state index in [0.717, 1.165) is 28.1 Å². The topological polar surface area (TPSA) is 9.23 Å². The van der Waals surface area contributed by atoms with Gasteiger partial charge in [-0.3, -0.25) is 0 Å². The Kier molecular flexibility index (Phi) is 4.15. The summed E-state index contributed by atoms with van der Waals surface area (Å²) in [6.45, 7) is 0. The lowest BCUT2D eigenvalue weighted by Crippen LogP contribution is -2.13. The molecular formula is C13H16BrClO. The van der Waals surface area contributed by atoms with Crippen LogP contribution in [0.5, 0.6) is 5.75 Å². The van der Waals surface area contributed by atoms with Gasteiger partial charge in [-0.1, -0.05) is 35.2 Å². The van der Waals surface area contributed by atoms with Crippen molar-refractivity contribution in [2.45, 2.75) is 31.1 Å². The molecule has 0 amide bonds. The average molecular weight is 304 g/mol. The van der Waals surface area contributed by atoms with Crippen LogP contribution in [0.4, 0.5) is 0 Å². The van der Waals surface area contributed by atoms with Gasteiger partial charge in [-0.15, -0.1) is 11.6 Å². The highest BCUT2D eigenvalue weighted by atomic mass is 79.9. The number of rotatable bonds is 4. The van der Waals surface area contributed by atoms with Crippen LogP contribution in [-0.4, -0.2) is 7.11 Å². The summed E-state index contributed by atoms with van der Waals surface area (Å²) in [4.78, 5) is 0. The summed E-state index contributed by atoms with van der Waals surface area (Å²) in [6.07, 6.45) is 5.09. The molecule has 0 aromatic heterocycles. The first-order valence-corrected chi connectivity index (χ1v) is 6.91. The molecule has 2 rings (SSSR count). The number of ether oxygens (including phenoxy) is 1. The molecule has 1 atom stereocenters. The van der Waals surface area contributed by atoms with Gasteiger partial charge in [0.05, 0.1) is 12.5 Å². The minimum atomic E-state index is 0.0674. The number of alkyl halides is 1. The van der Waals surface area contributed by atoms with Crippen LogP contribution < -0.4 is 4.74 Å². The molecule has 1 aromatic rings. The van der Waals surface area contributed by atoms with E-state index in [0.29, 0.717) is 0 Å². The van der Waals surface area contributed by atoms with E-state index in [2.05, 4.69) is 22.0 Å². The first kappa shape index (κ1) is 12.3. The Labute approximate surface area is 110 Å². The van der Waals surface area contributed by atoms with Crippen molar-refractivity contribution in [1.29, 1.82) is 0 Å². The fraction of sp³-hybridized carbons (Fsp3) is 0.538. The molecule has 88 valence electrons. The fourth-order valence-electron chi connectivity index (χ4n) is 2.10. The van der Waals surface area contributed by atoms with E-state index in [9.17, 15) is 0 Å². The summed E-state index contributed by atoms with van der Waals surface area (Å²) in [7, 11) is 1.69. The summed E-state index contributed by atoms with van der Waals surface area (Å²) in [6, 6.07) is 6.01. The Morgan fingerprint density at radius 3 is 2.81 bits per heavy atom. The lowest BCUT2D eigenvalue weighted by molar-refractivity contribution is 0.291. The van der Waals surface area contributed by atoms with Crippen molar-refractivity contribution in [2.24, 2.45) is 5.92 Å². The molecule has 1 unspecified atom stereocenters. The van der Waals surface area contributed by atoms with E-state index < -0.39 is 0 Å². The Morgan fingerprint density at radius 2 is 2.25 bits per heavy atom. The molecule has 0 heterocycles. The third-order valence-electron chi connectivity index (χ3n) is 3.29. The van der Waals surface area contributed by atoms with Gasteiger partial charge in [-0.05, 0) is 30.5 Å². The minimum Gasteiger partial charge on any atom is -0.496 e. The van der Waals surface area contributed by atoms with Crippen molar-refractivity contribution in [3.05, 3.63) is 28.2 Å². The molecule has 1 fully saturated rings. The minimum absolute atomic E-state index is 0.0674. The van der Waals surface area contributed by atoms with Crippen molar-refractivity contribution in [3.63, 3.8) is 0 Å². The van der Waals surface area contributed by atoms with Gasteiger partial charge in [-0.2, -0.15) is 0 Å². The van der Waals surface area contributed by atoms with Crippen LogP contribution in [0.3, 0.4) is 0 Å². The van der Waals surface area contributed by atoms with E-state index in [4.69, 9.17) is 16.3 Å². The van der Waals surface area contributed by atoms with Crippen molar-refractivity contribution >= 4 is 27.5 Å². The van der Waals surface area contributed by atoms with Crippen molar-refractivity contribution in [1.82, 2.24) is 0 Å². The zero-order valence-corrected chi connectivity index (χ0v) is 11.7. The highest BCUT2D eigenvalue weighted by Crippen LogP contribution is 2.41. The third kappa shape index (κ3) is 2.72. The second kappa shape index (κ2) is 5.42. The predicted octanol–water partition coefficient (Wildman–Crippen LogP) is 4.93. The Hall–Kier alpha value is -0.210. The largest absolute Gasteiger partial charge is 0.496 e. The highest BCUT2D eigenvalue weighted by molar-refractivity contribution is 9.10. The van der Waals surface area contributed by atoms with Gasteiger partial charge in [0.15, 0.2) is 0 Å². The van der Waals surface area contributed by atoms with E-state index in [1.54, 1.807) is 7.11 Å². The van der Waals surface area contributed by atoms with Crippen LogP contribution >= 0.6 is 27.5 Å². The van der Waals surface area contributed by atoms with E-state index >= 15 is 0 Å². The number of hydrogen-bond donors (Lipinski definition) is 0. The fourth-order valence-corrected chi connectivity index (χ4v) is 2.90. The Balaban J connectivity index is 2.13. The molecule has 0 spiro atoms. The molecule has 3 heteroatoms. The maximum atomic E-state index is 6.47. The second-order valence-electron chi connectivity index (χ2n) is 4.39. The third-order valence-corrected chi connectivity index (χ3v) is 4.20. The van der Waals surface area contributed by atoms with Crippen LogP contribution in [0, 0.1) is 5.92 Å². The standard InChI is InChI=1S/C13H16BrClO/c1-16-13-6-5-10(14)8-11(13)12(15)7-9-3-2-4-9/h5-6,8-9,12H,2-4,7H2,1H3. The van der Waals surface area contributed by atoms with Gasteiger partial charge < -0.3 is 4.74 Å². The van der Waals surface area contributed by atoms with Gasteiger partial charge in [0.2, 0.25) is 0 Å². The first-order valence-electron chi connectivity index (χ1n) is 5.68. The Bertz CT molecular complexity index is 363. The number of hydrogen-bond acceptors (Lipinski definition) is 1. The molecule has 0 saturated heterocycles. The smallest absolute Gasteiger partial charge is 0.123 e. The van der Waals surface area contributed by atoms with E-state index in [1.165, 1.54) is 19.3 Å². The summed E-state index contributed by atoms with van der Waals surface area (Å²) >= 11 is 9.95. The first-order chi connectivity index (χ1) is 7.70. The zero-order valence-electron chi connectivity index (χ0n) is 9.38. The van der Waals surface area contributed by atoms with Gasteiger partial charge in [-0.25, -0.2) is 0 Å². The molecule has 1 aromatic carbocycles. The van der Waals surface area contributed by atoms with E-state index in [-0.39, 0.29) is 5.38 Å². The van der Waals surface area contributed by atoms with Crippen molar-refractivity contribution < 1.29 is 4.74 Å². The summed E-state index contributed by atoms with van der Waals surface area (Å²) in [5.74, 6) is 1.70. The summed E-state index contributed by atoms with van der Waals surface area (Å²) in [5.41, 5.74) is 1.10. The average Bonchev–Trinajstić information content (AvgIpc) is 2.23. The van der Waals surface area contributed by atoms with Gasteiger partial charge in [0.25, 0.3) is 0 Å². The maximum absolute atomic E-state index is 6.47. The maximum Gasteiger partial charge on any atom is 0.123 e. The quantitative estimate of drug-likeness (QED) is 0.717. The SMILES string of the molecule is COc1ccc(Br)cc1C(Cl)CC1CCC1. The second-order valence-corrected chi connectivity index (χ2v) is 5.83. The van der Waals surface area contributed by atoms with Gasteiger partial charge in [0.1, 0.15) is 5.75 Å². The van der Waals surface area contributed by atoms with Crippen molar-refractivity contribution in [2.75, 3.05) is 7.11 Å². The molecular weight excluding hydrogens is 287 g/mol. The number of benzene rings is 1. The normalized spacial score (nSPS) is 17.9. The van der Waals surface area contributed by atoms with Crippen LogP contribution in [0.2, 0.25) is 0 Å².